The van der Waals surface area contributed by atoms with E-state index in [4.69, 9.17) is 16.3 Å². The molecule has 27 heavy (non-hydrogen) atoms. The van der Waals surface area contributed by atoms with Crippen LogP contribution in [0.4, 0.5) is 5.69 Å². The Kier molecular flexibility index (Phi) is 6.01. The number of hydrogen-bond acceptors (Lipinski definition) is 3. The predicted octanol–water partition coefficient (Wildman–Crippen LogP) is 3.86. The number of hydrogen-bond donors (Lipinski definition) is 1. The van der Waals surface area contributed by atoms with Crippen LogP contribution < -0.4 is 15.0 Å². The Hall–Kier alpha value is -2.53. The second-order valence-electron chi connectivity index (χ2n) is 6.81. The summed E-state index contributed by atoms with van der Waals surface area (Å²) in [6.45, 7) is 4.82. The Labute approximate surface area is 164 Å². The number of fused-ring (bicyclic) bond motifs is 1. The summed E-state index contributed by atoms with van der Waals surface area (Å²) >= 11 is 5.85. The molecule has 0 radical (unpaired) electrons. The van der Waals surface area contributed by atoms with Crippen molar-refractivity contribution in [3.63, 3.8) is 0 Å². The third-order valence-electron chi connectivity index (χ3n) is 4.44. The van der Waals surface area contributed by atoms with Crippen LogP contribution in [0, 0.1) is 6.92 Å². The van der Waals surface area contributed by atoms with E-state index in [0.29, 0.717) is 23.9 Å². The van der Waals surface area contributed by atoms with E-state index >= 15 is 0 Å². The second-order valence-corrected chi connectivity index (χ2v) is 7.24. The van der Waals surface area contributed by atoms with Crippen LogP contribution in [0.25, 0.3) is 0 Å². The van der Waals surface area contributed by atoms with Gasteiger partial charge in [0.15, 0.2) is 0 Å². The molecule has 1 aliphatic heterocycles. The summed E-state index contributed by atoms with van der Waals surface area (Å²) in [6, 6.07) is 13.1. The van der Waals surface area contributed by atoms with E-state index in [1.165, 1.54) is 0 Å². The van der Waals surface area contributed by atoms with E-state index in [-0.39, 0.29) is 30.8 Å². The molecule has 1 unspecified atom stereocenters. The maximum absolute atomic E-state index is 12.7. The smallest absolute Gasteiger partial charge is 0.227 e. The molecule has 0 saturated carbocycles. The van der Waals surface area contributed by atoms with Gasteiger partial charge in [0.2, 0.25) is 11.8 Å². The number of carbonyl (C=O) groups excluding carboxylic acids is 2. The predicted molar refractivity (Wildman–Crippen MR) is 106 cm³/mol. The molecule has 142 valence electrons. The van der Waals surface area contributed by atoms with E-state index in [9.17, 15) is 9.59 Å². The topological polar surface area (TPSA) is 58.6 Å². The lowest BCUT2D eigenvalue weighted by Gasteiger charge is -2.33. The average Bonchev–Trinajstić information content (AvgIpc) is 2.65. The van der Waals surface area contributed by atoms with E-state index in [2.05, 4.69) is 5.32 Å². The Morgan fingerprint density at radius 1 is 1.19 bits per heavy atom. The summed E-state index contributed by atoms with van der Waals surface area (Å²) in [5, 5.41) is 3.49. The Morgan fingerprint density at radius 2 is 1.93 bits per heavy atom. The van der Waals surface area contributed by atoms with Gasteiger partial charge in [0.05, 0.1) is 12.2 Å². The molecule has 2 aromatic carbocycles. The van der Waals surface area contributed by atoms with Crippen LogP contribution >= 0.6 is 11.6 Å². The third kappa shape index (κ3) is 5.01. The van der Waals surface area contributed by atoms with Crippen LogP contribution in [0.15, 0.2) is 42.5 Å². The van der Waals surface area contributed by atoms with Gasteiger partial charge in [-0.2, -0.15) is 0 Å². The van der Waals surface area contributed by atoms with Gasteiger partial charge < -0.3 is 15.0 Å². The average molecular weight is 387 g/mol. The minimum Gasteiger partial charge on any atom is -0.487 e. The number of nitrogens with one attached hydrogen (secondary N) is 1. The number of carbonyl (C=O) groups is 2. The lowest BCUT2D eigenvalue weighted by atomic mass is 10.1. The normalized spacial score (nSPS) is 15.7. The van der Waals surface area contributed by atoms with Crippen molar-refractivity contribution < 1.29 is 14.3 Å². The van der Waals surface area contributed by atoms with Crippen LogP contribution in [0.3, 0.4) is 0 Å². The van der Waals surface area contributed by atoms with Gasteiger partial charge in [-0.15, -0.1) is 0 Å². The molecule has 0 saturated heterocycles. The van der Waals surface area contributed by atoms with Crippen molar-refractivity contribution in [3.8, 4) is 5.75 Å². The highest BCUT2D eigenvalue weighted by molar-refractivity contribution is 6.30. The molecule has 6 heteroatoms. The van der Waals surface area contributed by atoms with Gasteiger partial charge in [0, 0.05) is 24.4 Å². The van der Waals surface area contributed by atoms with Crippen LogP contribution in [0.1, 0.15) is 30.9 Å². The molecule has 0 spiro atoms. The first-order valence-electron chi connectivity index (χ1n) is 9.01. The van der Waals surface area contributed by atoms with Crippen molar-refractivity contribution in [2.75, 3.05) is 11.4 Å². The highest BCUT2D eigenvalue weighted by Crippen LogP contribution is 2.34. The molecule has 1 N–H and O–H groups in total. The number of nitrogens with zero attached hydrogens (tertiary/aromatic N) is 1. The number of aryl methyl sites for hydroxylation is 1. The zero-order chi connectivity index (χ0) is 19.4. The second kappa shape index (κ2) is 8.44. The maximum Gasteiger partial charge on any atom is 0.227 e. The molecule has 0 bridgehead atoms. The van der Waals surface area contributed by atoms with Gasteiger partial charge in [0.25, 0.3) is 0 Å². The number of benzene rings is 2. The lowest BCUT2D eigenvalue weighted by Crippen LogP contribution is -2.42. The molecule has 1 heterocycles. The molecule has 2 amide bonds. The van der Waals surface area contributed by atoms with Crippen molar-refractivity contribution in [3.05, 3.63) is 58.6 Å². The van der Waals surface area contributed by atoms with Gasteiger partial charge in [-0.3, -0.25) is 9.59 Å². The number of rotatable bonds is 5. The molecule has 0 aromatic heterocycles. The highest BCUT2D eigenvalue weighted by atomic mass is 35.5. The van der Waals surface area contributed by atoms with E-state index < -0.39 is 0 Å². The molecular formula is C21H23ClN2O3. The first kappa shape index (κ1) is 19.2. The molecule has 5 nitrogen and oxygen atoms in total. The van der Waals surface area contributed by atoms with Crippen LogP contribution in [0.5, 0.6) is 5.75 Å². The van der Waals surface area contributed by atoms with E-state index in [1.807, 2.05) is 44.2 Å². The number of amides is 2. The first-order valence-corrected chi connectivity index (χ1v) is 9.39. The van der Waals surface area contributed by atoms with Crippen molar-refractivity contribution in [2.24, 2.45) is 0 Å². The molecular weight excluding hydrogens is 364 g/mol. The summed E-state index contributed by atoms with van der Waals surface area (Å²) in [4.78, 5) is 26.5. The Morgan fingerprint density at radius 3 is 2.67 bits per heavy atom. The van der Waals surface area contributed by atoms with Crippen molar-refractivity contribution in [1.82, 2.24) is 5.32 Å². The SMILES string of the molecule is Cc1ccc2c(c1)N(C(=O)CCC(=O)NCc1ccc(Cl)cc1)CC(C)O2. The monoisotopic (exact) mass is 386 g/mol. The fourth-order valence-electron chi connectivity index (χ4n) is 3.03. The largest absolute Gasteiger partial charge is 0.487 e. The van der Waals surface area contributed by atoms with Crippen molar-refractivity contribution >= 4 is 29.1 Å². The molecule has 1 atom stereocenters. The fourth-order valence-corrected chi connectivity index (χ4v) is 3.16. The van der Waals surface area contributed by atoms with Crippen molar-refractivity contribution in [1.29, 1.82) is 0 Å². The van der Waals surface area contributed by atoms with E-state index in [1.54, 1.807) is 17.0 Å². The molecule has 0 fully saturated rings. The Balaban J connectivity index is 1.55. The molecule has 2 aromatic rings. The lowest BCUT2D eigenvalue weighted by molar-refractivity contribution is -0.125. The number of ether oxygens (including phenoxy) is 1. The summed E-state index contributed by atoms with van der Waals surface area (Å²) in [5.41, 5.74) is 2.80. The van der Waals surface area contributed by atoms with Gasteiger partial charge in [-0.05, 0) is 49.2 Å². The highest BCUT2D eigenvalue weighted by Gasteiger charge is 2.27. The summed E-state index contributed by atoms with van der Waals surface area (Å²) < 4.78 is 5.81. The van der Waals surface area contributed by atoms with Crippen molar-refractivity contribution in [2.45, 2.75) is 39.3 Å². The summed E-state index contributed by atoms with van der Waals surface area (Å²) in [7, 11) is 0. The standard InChI is InChI=1S/C21H23ClN2O3/c1-14-3-8-19-18(11-14)24(13-15(2)27-19)21(26)10-9-20(25)23-12-16-4-6-17(22)7-5-16/h3-8,11,15H,9-10,12-13H2,1-2H3,(H,23,25). The van der Waals surface area contributed by atoms with Crippen LogP contribution in [-0.4, -0.2) is 24.5 Å². The molecule has 1 aliphatic rings. The zero-order valence-corrected chi connectivity index (χ0v) is 16.3. The van der Waals surface area contributed by atoms with Gasteiger partial charge in [-0.1, -0.05) is 29.8 Å². The third-order valence-corrected chi connectivity index (χ3v) is 4.69. The fraction of sp³-hybridized carbons (Fsp3) is 0.333. The van der Waals surface area contributed by atoms with Gasteiger partial charge >= 0.3 is 0 Å². The van der Waals surface area contributed by atoms with E-state index in [0.717, 1.165) is 16.8 Å². The molecule has 3 rings (SSSR count). The minimum absolute atomic E-state index is 0.0707. The quantitative estimate of drug-likeness (QED) is 0.848. The number of anilines is 1. The minimum atomic E-state index is -0.149. The number of halogens is 1. The zero-order valence-electron chi connectivity index (χ0n) is 15.5. The summed E-state index contributed by atoms with van der Waals surface area (Å²) in [5.74, 6) is 0.489. The van der Waals surface area contributed by atoms with Crippen LogP contribution in [0.2, 0.25) is 5.02 Å². The maximum atomic E-state index is 12.7. The van der Waals surface area contributed by atoms with Gasteiger partial charge in [-0.25, -0.2) is 0 Å². The van der Waals surface area contributed by atoms with Gasteiger partial charge in [0.1, 0.15) is 11.9 Å². The Bertz CT molecular complexity index is 836. The van der Waals surface area contributed by atoms with Crippen LogP contribution in [-0.2, 0) is 16.1 Å². The summed E-state index contributed by atoms with van der Waals surface area (Å²) in [6.07, 6.45) is 0.231. The first-order chi connectivity index (χ1) is 12.9. The molecule has 0 aliphatic carbocycles.